The van der Waals surface area contributed by atoms with Gasteiger partial charge in [0, 0.05) is 6.04 Å². The maximum atomic E-state index is 11.5. The first-order valence-electron chi connectivity index (χ1n) is 6.25. The molecule has 2 heterocycles. The number of aliphatic carboxylic acids is 1. The van der Waals surface area contributed by atoms with E-state index < -0.39 is 28.0 Å². The van der Waals surface area contributed by atoms with Crippen LogP contribution in [0.4, 0.5) is 0 Å². The van der Waals surface area contributed by atoms with E-state index in [0.717, 1.165) is 19.3 Å². The van der Waals surface area contributed by atoms with E-state index in [1.807, 2.05) is 4.90 Å². The van der Waals surface area contributed by atoms with Crippen molar-refractivity contribution in [3.05, 3.63) is 0 Å². The van der Waals surface area contributed by atoms with Gasteiger partial charge in [-0.3, -0.25) is 9.69 Å². The van der Waals surface area contributed by atoms with Gasteiger partial charge in [-0.05, 0) is 19.4 Å². The number of likely N-dealkylation sites (tertiary alicyclic amines) is 1. The van der Waals surface area contributed by atoms with Crippen molar-refractivity contribution in [1.29, 1.82) is 0 Å². The molecule has 3 unspecified atom stereocenters. The predicted molar refractivity (Wildman–Crippen MR) is 65.0 cm³/mol. The van der Waals surface area contributed by atoms with E-state index in [0.29, 0.717) is 6.54 Å². The molecule has 2 aliphatic heterocycles. The second-order valence-electron chi connectivity index (χ2n) is 5.20. The Kier molecular flexibility index (Phi) is 3.93. The summed E-state index contributed by atoms with van der Waals surface area (Å²) in [7, 11) is -3.18. The molecule has 2 rings (SSSR count). The molecule has 0 bridgehead atoms. The van der Waals surface area contributed by atoms with Gasteiger partial charge in [0.05, 0.1) is 30.1 Å². The second-order valence-corrected chi connectivity index (χ2v) is 7.35. The third kappa shape index (κ3) is 3.02. The van der Waals surface area contributed by atoms with Crippen molar-refractivity contribution < 1.29 is 23.4 Å². The third-order valence-electron chi connectivity index (χ3n) is 3.80. The van der Waals surface area contributed by atoms with Gasteiger partial charge in [-0.2, -0.15) is 0 Å². The van der Waals surface area contributed by atoms with E-state index in [1.54, 1.807) is 0 Å². The zero-order valence-corrected chi connectivity index (χ0v) is 11.0. The summed E-state index contributed by atoms with van der Waals surface area (Å²) in [5, 5.41) is 18.7. The van der Waals surface area contributed by atoms with E-state index in [9.17, 15) is 18.3 Å². The zero-order valence-electron chi connectivity index (χ0n) is 10.2. The van der Waals surface area contributed by atoms with Crippen LogP contribution in [0.15, 0.2) is 0 Å². The maximum Gasteiger partial charge on any atom is 0.304 e. The van der Waals surface area contributed by atoms with E-state index in [1.165, 1.54) is 0 Å². The molecular formula is C11H19NO5S. The number of carboxylic acids is 1. The lowest BCUT2D eigenvalue weighted by Crippen LogP contribution is -2.51. The van der Waals surface area contributed by atoms with Gasteiger partial charge in [-0.1, -0.05) is 6.42 Å². The van der Waals surface area contributed by atoms with Gasteiger partial charge >= 0.3 is 5.97 Å². The van der Waals surface area contributed by atoms with Crippen molar-refractivity contribution in [2.24, 2.45) is 0 Å². The van der Waals surface area contributed by atoms with Crippen LogP contribution in [0, 0.1) is 0 Å². The van der Waals surface area contributed by atoms with E-state index in [4.69, 9.17) is 5.11 Å². The molecule has 18 heavy (non-hydrogen) atoms. The monoisotopic (exact) mass is 277 g/mol. The Bertz CT molecular complexity index is 421. The molecule has 2 saturated heterocycles. The topological polar surface area (TPSA) is 94.9 Å². The number of rotatable bonds is 3. The molecule has 2 fully saturated rings. The fourth-order valence-electron chi connectivity index (χ4n) is 3.01. The Labute approximate surface area is 107 Å². The zero-order chi connectivity index (χ0) is 13.3. The van der Waals surface area contributed by atoms with Crippen LogP contribution in [0.2, 0.25) is 0 Å². The number of nitrogens with zero attached hydrogens (tertiary/aromatic N) is 1. The standard InChI is InChI=1S/C11H19NO5S/c13-10-7-18(16,17)6-9(10)12-4-2-1-3-8(12)5-11(14)15/h8-10,13H,1-7H2,(H,14,15). The van der Waals surface area contributed by atoms with Gasteiger partial charge in [0.1, 0.15) is 0 Å². The van der Waals surface area contributed by atoms with Gasteiger partial charge in [0.25, 0.3) is 0 Å². The highest BCUT2D eigenvalue weighted by Crippen LogP contribution is 2.27. The van der Waals surface area contributed by atoms with Gasteiger partial charge in [0.15, 0.2) is 9.84 Å². The Hall–Kier alpha value is -0.660. The van der Waals surface area contributed by atoms with Crippen molar-refractivity contribution >= 4 is 15.8 Å². The molecule has 0 aromatic heterocycles. The fraction of sp³-hybridized carbons (Fsp3) is 0.909. The summed E-state index contributed by atoms with van der Waals surface area (Å²) in [5.74, 6) is -1.12. The molecule has 0 radical (unpaired) electrons. The highest BCUT2D eigenvalue weighted by atomic mass is 32.2. The van der Waals surface area contributed by atoms with Crippen LogP contribution in [0.1, 0.15) is 25.7 Å². The van der Waals surface area contributed by atoms with E-state index in [2.05, 4.69) is 0 Å². The summed E-state index contributed by atoms with van der Waals surface area (Å²) < 4.78 is 23.0. The summed E-state index contributed by atoms with van der Waals surface area (Å²) in [4.78, 5) is 12.7. The summed E-state index contributed by atoms with van der Waals surface area (Å²) in [6.07, 6.45) is 1.78. The summed E-state index contributed by atoms with van der Waals surface area (Å²) in [6, 6.07) is -0.580. The molecule has 0 aromatic rings. The number of carboxylic acid groups (broad SMARTS) is 1. The minimum absolute atomic E-state index is 0.0171. The number of aliphatic hydroxyl groups excluding tert-OH is 1. The largest absolute Gasteiger partial charge is 0.481 e. The number of sulfone groups is 1. The van der Waals surface area contributed by atoms with Crippen molar-refractivity contribution in [2.45, 2.75) is 43.9 Å². The van der Waals surface area contributed by atoms with Crippen LogP contribution in [-0.4, -0.2) is 65.7 Å². The molecule has 3 atom stereocenters. The van der Waals surface area contributed by atoms with Crippen molar-refractivity contribution in [2.75, 3.05) is 18.1 Å². The quantitative estimate of drug-likeness (QED) is 0.720. The average Bonchev–Trinajstić information content (AvgIpc) is 2.52. The van der Waals surface area contributed by atoms with E-state index >= 15 is 0 Å². The Balaban J connectivity index is 2.11. The summed E-state index contributed by atoms with van der Waals surface area (Å²) in [5.41, 5.74) is 0. The number of piperidine rings is 1. The van der Waals surface area contributed by atoms with Gasteiger partial charge in [-0.25, -0.2) is 8.42 Å². The number of carbonyl (C=O) groups is 1. The van der Waals surface area contributed by atoms with Crippen LogP contribution >= 0.6 is 0 Å². The normalized spacial score (nSPS) is 36.6. The molecule has 0 saturated carbocycles. The molecular weight excluding hydrogens is 258 g/mol. The molecule has 104 valence electrons. The van der Waals surface area contributed by atoms with Crippen LogP contribution < -0.4 is 0 Å². The second kappa shape index (κ2) is 5.14. The first kappa shape index (κ1) is 13.8. The predicted octanol–water partition coefficient (Wildman–Crippen LogP) is -0.526. The third-order valence-corrected chi connectivity index (χ3v) is 5.50. The summed E-state index contributed by atoms with van der Waals surface area (Å²) in [6.45, 7) is 0.676. The lowest BCUT2D eigenvalue weighted by atomic mass is 9.96. The maximum absolute atomic E-state index is 11.5. The minimum Gasteiger partial charge on any atom is -0.481 e. The van der Waals surface area contributed by atoms with Crippen molar-refractivity contribution in [3.8, 4) is 0 Å². The molecule has 6 nitrogen and oxygen atoms in total. The number of aliphatic hydroxyl groups is 1. The van der Waals surface area contributed by atoms with Crippen LogP contribution in [0.3, 0.4) is 0 Å². The Morgan fingerprint density at radius 2 is 2.00 bits per heavy atom. The molecule has 2 N–H and O–H groups in total. The Morgan fingerprint density at radius 1 is 1.28 bits per heavy atom. The minimum atomic E-state index is -3.18. The number of hydrogen-bond acceptors (Lipinski definition) is 5. The molecule has 0 amide bonds. The fourth-order valence-corrected chi connectivity index (χ4v) is 4.82. The van der Waals surface area contributed by atoms with Crippen molar-refractivity contribution in [1.82, 2.24) is 4.90 Å². The van der Waals surface area contributed by atoms with E-state index in [-0.39, 0.29) is 24.0 Å². The number of hydrogen-bond donors (Lipinski definition) is 2. The Morgan fingerprint density at radius 3 is 2.56 bits per heavy atom. The van der Waals surface area contributed by atoms with Crippen molar-refractivity contribution in [3.63, 3.8) is 0 Å². The molecule has 2 aliphatic rings. The lowest BCUT2D eigenvalue weighted by Gasteiger charge is -2.39. The molecule has 0 aromatic carbocycles. The first-order valence-corrected chi connectivity index (χ1v) is 8.07. The van der Waals surface area contributed by atoms with Crippen LogP contribution in [0.5, 0.6) is 0 Å². The molecule has 0 aliphatic carbocycles. The molecule has 7 heteroatoms. The lowest BCUT2D eigenvalue weighted by molar-refractivity contribution is -0.139. The smallest absolute Gasteiger partial charge is 0.304 e. The van der Waals surface area contributed by atoms with Crippen LogP contribution in [0.25, 0.3) is 0 Å². The summed E-state index contributed by atoms with van der Waals surface area (Å²) >= 11 is 0. The van der Waals surface area contributed by atoms with Gasteiger partial charge in [-0.15, -0.1) is 0 Å². The molecule has 0 spiro atoms. The highest BCUT2D eigenvalue weighted by Gasteiger charge is 2.43. The SMILES string of the molecule is O=C(O)CC1CCCCN1C1CS(=O)(=O)CC1O. The first-order chi connectivity index (χ1) is 8.39. The highest BCUT2D eigenvalue weighted by molar-refractivity contribution is 7.91. The van der Waals surface area contributed by atoms with Crippen LogP contribution in [-0.2, 0) is 14.6 Å². The van der Waals surface area contributed by atoms with Gasteiger partial charge in [0.2, 0.25) is 0 Å². The van der Waals surface area contributed by atoms with Gasteiger partial charge < -0.3 is 10.2 Å². The average molecular weight is 277 g/mol.